The molecule has 3 aromatic rings. The Bertz CT molecular complexity index is 1160. The van der Waals surface area contributed by atoms with Gasteiger partial charge in [0.15, 0.2) is 0 Å². The van der Waals surface area contributed by atoms with Crippen molar-refractivity contribution in [3.8, 4) is 22.4 Å². The number of hydrogen-bond acceptors (Lipinski definition) is 7. The first-order valence-corrected chi connectivity index (χ1v) is 11.8. The SMILES string of the molecule is CCc1ncnc(-c2ccc(C(=O)N3CCN(C(C)CO)CC3)c(Cl)c2)c1-c1ccc(N)nc1. The normalized spacial score (nSPS) is 15.4. The highest BCUT2D eigenvalue weighted by Crippen LogP contribution is 2.34. The number of hydrogen-bond donors (Lipinski definition) is 2. The standard InChI is InChI=1S/C25H29ClN6O2/c1-3-21-23(18-5-7-22(27)28-13-18)24(30-15-29-21)17-4-6-19(20(26)12-17)25(34)32-10-8-31(9-11-32)16(2)14-33/h4-7,12-13,15-16,33H,3,8-11,14H2,1-2H3,(H2,27,28). The molecule has 34 heavy (non-hydrogen) atoms. The number of benzene rings is 1. The monoisotopic (exact) mass is 480 g/mol. The molecule has 0 radical (unpaired) electrons. The van der Waals surface area contributed by atoms with Crippen LogP contribution in [-0.2, 0) is 6.42 Å². The predicted octanol–water partition coefficient (Wildman–Crippen LogP) is 3.14. The molecule has 3 heterocycles. The highest BCUT2D eigenvalue weighted by molar-refractivity contribution is 6.34. The van der Waals surface area contributed by atoms with Gasteiger partial charge < -0.3 is 15.7 Å². The fourth-order valence-electron chi connectivity index (χ4n) is 4.25. The number of aliphatic hydroxyl groups excluding tert-OH is 1. The van der Waals surface area contributed by atoms with E-state index in [0.29, 0.717) is 29.5 Å². The maximum atomic E-state index is 13.2. The number of nitrogens with zero attached hydrogens (tertiary/aromatic N) is 5. The Balaban J connectivity index is 1.62. The summed E-state index contributed by atoms with van der Waals surface area (Å²) in [5.74, 6) is 0.352. The van der Waals surface area contributed by atoms with E-state index in [1.54, 1.807) is 30.7 Å². The van der Waals surface area contributed by atoms with Gasteiger partial charge in [-0.05, 0) is 37.6 Å². The zero-order chi connectivity index (χ0) is 24.2. The predicted molar refractivity (Wildman–Crippen MR) is 134 cm³/mol. The molecule has 9 heteroatoms. The topological polar surface area (TPSA) is 108 Å². The van der Waals surface area contributed by atoms with Crippen LogP contribution in [0.4, 0.5) is 5.82 Å². The second kappa shape index (κ2) is 10.5. The van der Waals surface area contributed by atoms with Crippen molar-refractivity contribution in [3.63, 3.8) is 0 Å². The smallest absolute Gasteiger partial charge is 0.255 e. The number of carbonyl (C=O) groups is 1. The van der Waals surface area contributed by atoms with Crippen molar-refractivity contribution in [2.24, 2.45) is 0 Å². The summed E-state index contributed by atoms with van der Waals surface area (Å²) in [6.45, 7) is 6.78. The number of pyridine rings is 1. The summed E-state index contributed by atoms with van der Waals surface area (Å²) < 4.78 is 0. The minimum absolute atomic E-state index is 0.0893. The van der Waals surface area contributed by atoms with Gasteiger partial charge in [0.1, 0.15) is 12.1 Å². The Morgan fingerprint density at radius 2 is 1.85 bits per heavy atom. The Kier molecular flexibility index (Phi) is 7.41. The molecule has 1 aromatic carbocycles. The Morgan fingerprint density at radius 1 is 1.12 bits per heavy atom. The summed E-state index contributed by atoms with van der Waals surface area (Å²) in [7, 11) is 0. The number of halogens is 1. The molecule has 1 saturated heterocycles. The van der Waals surface area contributed by atoms with Crippen molar-refractivity contribution in [3.05, 3.63) is 59.1 Å². The molecule has 1 fully saturated rings. The van der Waals surface area contributed by atoms with Crippen molar-refractivity contribution >= 4 is 23.3 Å². The minimum atomic E-state index is -0.0901. The molecule has 1 aliphatic heterocycles. The third-order valence-electron chi connectivity index (χ3n) is 6.30. The van der Waals surface area contributed by atoms with Gasteiger partial charge in [-0.25, -0.2) is 15.0 Å². The molecule has 0 aliphatic carbocycles. The van der Waals surface area contributed by atoms with Gasteiger partial charge in [0.25, 0.3) is 5.91 Å². The van der Waals surface area contributed by atoms with Crippen LogP contribution in [0.5, 0.6) is 0 Å². The number of aromatic nitrogens is 3. The number of nitrogen functional groups attached to an aromatic ring is 1. The lowest BCUT2D eigenvalue weighted by Crippen LogP contribution is -2.52. The number of rotatable bonds is 6. The minimum Gasteiger partial charge on any atom is -0.395 e. The van der Waals surface area contributed by atoms with Gasteiger partial charge in [0.05, 0.1) is 28.6 Å². The largest absolute Gasteiger partial charge is 0.395 e. The molecule has 8 nitrogen and oxygen atoms in total. The first-order chi connectivity index (χ1) is 16.4. The number of amides is 1. The van der Waals surface area contributed by atoms with E-state index in [4.69, 9.17) is 17.3 Å². The molecule has 3 N–H and O–H groups in total. The molecule has 0 spiro atoms. The van der Waals surface area contributed by atoms with E-state index in [2.05, 4.69) is 19.9 Å². The lowest BCUT2D eigenvalue weighted by Gasteiger charge is -2.37. The number of nitrogens with two attached hydrogens (primary N) is 1. The van der Waals surface area contributed by atoms with Crippen LogP contribution in [0.2, 0.25) is 5.02 Å². The quantitative estimate of drug-likeness (QED) is 0.557. The van der Waals surface area contributed by atoms with Crippen molar-refractivity contribution in [1.82, 2.24) is 24.8 Å². The Labute approximate surface area is 204 Å². The zero-order valence-corrected chi connectivity index (χ0v) is 20.2. The van der Waals surface area contributed by atoms with E-state index in [1.165, 1.54) is 0 Å². The number of piperazine rings is 1. The molecule has 178 valence electrons. The summed E-state index contributed by atoms with van der Waals surface area (Å²) in [6.07, 6.45) is 3.98. The second-order valence-electron chi connectivity index (χ2n) is 8.42. The van der Waals surface area contributed by atoms with Gasteiger partial charge in [-0.3, -0.25) is 9.69 Å². The van der Waals surface area contributed by atoms with Crippen molar-refractivity contribution in [2.75, 3.05) is 38.5 Å². The molecule has 2 aromatic heterocycles. The average molecular weight is 481 g/mol. The molecular weight excluding hydrogens is 452 g/mol. The van der Waals surface area contributed by atoms with Crippen LogP contribution in [-0.4, -0.2) is 74.6 Å². The van der Waals surface area contributed by atoms with Crippen molar-refractivity contribution < 1.29 is 9.90 Å². The van der Waals surface area contributed by atoms with Crippen LogP contribution in [0, 0.1) is 0 Å². The number of anilines is 1. The molecule has 1 unspecified atom stereocenters. The van der Waals surface area contributed by atoms with Gasteiger partial charge in [-0.2, -0.15) is 0 Å². The third kappa shape index (κ3) is 4.89. The van der Waals surface area contributed by atoms with Crippen LogP contribution in [0.1, 0.15) is 29.9 Å². The highest BCUT2D eigenvalue weighted by Gasteiger charge is 2.26. The molecular formula is C25H29ClN6O2. The lowest BCUT2D eigenvalue weighted by molar-refractivity contribution is 0.0511. The van der Waals surface area contributed by atoms with Crippen LogP contribution < -0.4 is 5.73 Å². The van der Waals surface area contributed by atoms with Gasteiger partial charge in [-0.1, -0.05) is 24.6 Å². The van der Waals surface area contributed by atoms with Crippen LogP contribution in [0.25, 0.3) is 22.4 Å². The van der Waals surface area contributed by atoms with Crippen molar-refractivity contribution in [1.29, 1.82) is 0 Å². The number of aliphatic hydroxyl groups is 1. The number of aryl methyl sites for hydroxylation is 1. The van der Waals surface area contributed by atoms with Gasteiger partial charge in [-0.15, -0.1) is 0 Å². The fraction of sp³-hybridized carbons (Fsp3) is 0.360. The fourth-order valence-corrected chi connectivity index (χ4v) is 4.51. The third-order valence-corrected chi connectivity index (χ3v) is 6.61. The Morgan fingerprint density at radius 3 is 2.47 bits per heavy atom. The zero-order valence-electron chi connectivity index (χ0n) is 19.4. The highest BCUT2D eigenvalue weighted by atomic mass is 35.5. The van der Waals surface area contributed by atoms with E-state index in [9.17, 15) is 9.90 Å². The van der Waals surface area contributed by atoms with Crippen LogP contribution in [0.15, 0.2) is 42.9 Å². The molecule has 1 amide bonds. The summed E-state index contributed by atoms with van der Waals surface area (Å²) >= 11 is 6.62. The van der Waals surface area contributed by atoms with Gasteiger partial charge in [0, 0.05) is 55.1 Å². The van der Waals surface area contributed by atoms with Gasteiger partial charge in [0.2, 0.25) is 0 Å². The summed E-state index contributed by atoms with van der Waals surface area (Å²) in [4.78, 5) is 30.4. The van der Waals surface area contributed by atoms with E-state index in [1.807, 2.05) is 30.9 Å². The maximum Gasteiger partial charge on any atom is 0.255 e. The lowest BCUT2D eigenvalue weighted by atomic mass is 9.97. The average Bonchev–Trinajstić information content (AvgIpc) is 2.88. The summed E-state index contributed by atoms with van der Waals surface area (Å²) in [5.41, 5.74) is 10.4. The first kappa shape index (κ1) is 24.1. The van der Waals surface area contributed by atoms with Crippen LogP contribution in [0.3, 0.4) is 0 Å². The van der Waals surface area contributed by atoms with Crippen LogP contribution >= 0.6 is 11.6 Å². The van der Waals surface area contributed by atoms with E-state index < -0.39 is 0 Å². The Hall–Kier alpha value is -3.07. The maximum absolute atomic E-state index is 13.2. The number of carbonyl (C=O) groups excluding carboxylic acids is 1. The molecule has 0 bridgehead atoms. The summed E-state index contributed by atoms with van der Waals surface area (Å²) in [6, 6.07) is 9.17. The van der Waals surface area contributed by atoms with Crippen molar-refractivity contribution in [2.45, 2.75) is 26.3 Å². The van der Waals surface area contributed by atoms with E-state index in [-0.39, 0.29) is 18.6 Å². The van der Waals surface area contributed by atoms with E-state index >= 15 is 0 Å². The van der Waals surface area contributed by atoms with E-state index in [0.717, 1.165) is 47.6 Å². The molecule has 0 saturated carbocycles. The second-order valence-corrected chi connectivity index (χ2v) is 8.83. The molecule has 1 atom stereocenters. The van der Waals surface area contributed by atoms with Gasteiger partial charge >= 0.3 is 0 Å². The first-order valence-electron chi connectivity index (χ1n) is 11.4. The summed E-state index contributed by atoms with van der Waals surface area (Å²) in [5, 5.41) is 9.76. The molecule has 4 rings (SSSR count). The molecule has 1 aliphatic rings.